The van der Waals surface area contributed by atoms with Crippen LogP contribution in [0.25, 0.3) is 11.3 Å². The maximum Gasteiger partial charge on any atom is 0.191 e. The van der Waals surface area contributed by atoms with E-state index < -0.39 is 17.4 Å². The summed E-state index contributed by atoms with van der Waals surface area (Å²) < 4.78 is 33.9. The number of halogens is 2. The molecule has 0 unspecified atom stereocenters. The number of rotatable bonds is 4. The molecule has 0 fully saturated rings. The lowest BCUT2D eigenvalue weighted by atomic mass is 10.1. The zero-order chi connectivity index (χ0) is 15.5. The molecule has 0 aliphatic carbocycles. The summed E-state index contributed by atoms with van der Waals surface area (Å²) in [6.45, 7) is 0.482. The Bertz CT molecular complexity index is 789. The number of hydrogen-bond acceptors (Lipinski definition) is 4. The van der Waals surface area contributed by atoms with Crippen LogP contribution in [0.4, 0.5) is 8.78 Å². The van der Waals surface area contributed by atoms with Crippen LogP contribution in [0.1, 0.15) is 5.56 Å². The van der Waals surface area contributed by atoms with Gasteiger partial charge < -0.3 is 4.74 Å². The highest BCUT2D eigenvalue weighted by molar-refractivity contribution is 5.61. The van der Waals surface area contributed by atoms with Gasteiger partial charge in [-0.15, -0.1) is 5.10 Å². The Morgan fingerprint density at radius 1 is 1.14 bits per heavy atom. The third-order valence-electron chi connectivity index (χ3n) is 3.16. The second-order valence-corrected chi connectivity index (χ2v) is 4.60. The largest absolute Gasteiger partial charge is 0.491 e. The fourth-order valence-electron chi connectivity index (χ4n) is 2.09. The molecule has 22 heavy (non-hydrogen) atoms. The zero-order valence-corrected chi connectivity index (χ0v) is 11.7. The Morgan fingerprint density at radius 2 is 1.91 bits per heavy atom. The molecule has 2 aromatic heterocycles. The van der Waals surface area contributed by atoms with Crippen molar-refractivity contribution >= 4 is 0 Å². The summed E-state index contributed by atoms with van der Waals surface area (Å²) in [5, 5.41) is 7.88. The molecule has 0 amide bonds. The van der Waals surface area contributed by atoms with Crippen molar-refractivity contribution in [2.75, 3.05) is 7.11 Å². The number of methoxy groups -OCH3 is 1. The Balaban J connectivity index is 1.91. The lowest BCUT2D eigenvalue weighted by Gasteiger charge is -2.06. The molecule has 0 N–H and O–H groups in total. The van der Waals surface area contributed by atoms with Crippen molar-refractivity contribution in [2.45, 2.75) is 6.54 Å². The molecule has 7 heteroatoms. The van der Waals surface area contributed by atoms with Crippen LogP contribution in [0.2, 0.25) is 0 Å². The van der Waals surface area contributed by atoms with E-state index >= 15 is 0 Å². The first-order valence-corrected chi connectivity index (χ1v) is 6.50. The maximum absolute atomic E-state index is 14.2. The minimum absolute atomic E-state index is 0.138. The number of aromatic nitrogens is 4. The van der Waals surface area contributed by atoms with Gasteiger partial charge in [-0.2, -0.15) is 0 Å². The number of pyridine rings is 1. The van der Waals surface area contributed by atoms with E-state index in [1.807, 2.05) is 12.1 Å². The van der Waals surface area contributed by atoms with E-state index in [1.165, 1.54) is 13.2 Å². The molecule has 5 nitrogen and oxygen atoms in total. The Morgan fingerprint density at radius 3 is 2.64 bits per heavy atom. The molecule has 2 heterocycles. The van der Waals surface area contributed by atoms with Crippen molar-refractivity contribution in [3.8, 4) is 17.0 Å². The smallest absolute Gasteiger partial charge is 0.191 e. The molecule has 0 saturated heterocycles. The van der Waals surface area contributed by atoms with Gasteiger partial charge in [-0.3, -0.25) is 4.98 Å². The fraction of sp³-hybridized carbons (Fsp3) is 0.133. The van der Waals surface area contributed by atoms with Gasteiger partial charge in [0, 0.05) is 18.0 Å². The third-order valence-corrected chi connectivity index (χ3v) is 3.16. The minimum atomic E-state index is -0.793. The van der Waals surface area contributed by atoms with Crippen molar-refractivity contribution < 1.29 is 13.5 Å². The van der Waals surface area contributed by atoms with E-state index in [9.17, 15) is 8.78 Å². The molecular formula is C15H12F2N4O. The SMILES string of the molecule is COc1c(F)ccc(-c2cn(Cc3ccncc3)nn2)c1F. The van der Waals surface area contributed by atoms with Crippen molar-refractivity contribution in [1.82, 2.24) is 20.0 Å². The summed E-state index contributed by atoms with van der Waals surface area (Å²) in [7, 11) is 1.21. The van der Waals surface area contributed by atoms with Gasteiger partial charge in [0.05, 0.1) is 19.9 Å². The molecule has 0 radical (unpaired) electrons. The first kappa shape index (κ1) is 14.1. The van der Waals surface area contributed by atoms with Crippen molar-refractivity contribution in [3.63, 3.8) is 0 Å². The van der Waals surface area contributed by atoms with Crippen LogP contribution in [0.5, 0.6) is 5.75 Å². The standard InChI is InChI=1S/C15H12F2N4O/c1-22-15-12(16)3-2-11(14(15)17)13-9-21(20-19-13)8-10-4-6-18-7-5-10/h2-7,9H,8H2,1H3. The number of ether oxygens (including phenoxy) is 1. The summed E-state index contributed by atoms with van der Waals surface area (Å²) in [4.78, 5) is 3.93. The fourth-order valence-corrected chi connectivity index (χ4v) is 2.09. The van der Waals surface area contributed by atoms with Gasteiger partial charge in [0.1, 0.15) is 5.69 Å². The first-order chi connectivity index (χ1) is 10.7. The number of nitrogens with zero attached hydrogens (tertiary/aromatic N) is 4. The molecule has 1 aromatic carbocycles. The van der Waals surface area contributed by atoms with E-state index in [-0.39, 0.29) is 5.56 Å². The predicted molar refractivity (Wildman–Crippen MR) is 75.3 cm³/mol. The second kappa shape index (κ2) is 5.88. The van der Waals surface area contributed by atoms with Gasteiger partial charge in [-0.1, -0.05) is 5.21 Å². The van der Waals surface area contributed by atoms with Crippen LogP contribution >= 0.6 is 0 Å². The molecule has 3 aromatic rings. The van der Waals surface area contributed by atoms with E-state index in [0.717, 1.165) is 11.6 Å². The van der Waals surface area contributed by atoms with Crippen LogP contribution in [0.15, 0.2) is 42.9 Å². The molecule has 0 bridgehead atoms. The monoisotopic (exact) mass is 302 g/mol. The van der Waals surface area contributed by atoms with Crippen molar-refractivity contribution in [1.29, 1.82) is 0 Å². The van der Waals surface area contributed by atoms with Crippen LogP contribution in [-0.4, -0.2) is 27.1 Å². The number of benzene rings is 1. The summed E-state index contributed by atoms with van der Waals surface area (Å²) in [6.07, 6.45) is 4.95. The van der Waals surface area contributed by atoms with Crippen LogP contribution in [0, 0.1) is 11.6 Å². The maximum atomic E-state index is 14.2. The molecular weight excluding hydrogens is 290 g/mol. The van der Waals surface area contributed by atoms with E-state index in [4.69, 9.17) is 4.74 Å². The lowest BCUT2D eigenvalue weighted by molar-refractivity contribution is 0.360. The van der Waals surface area contributed by atoms with Crippen LogP contribution in [0.3, 0.4) is 0 Å². The van der Waals surface area contributed by atoms with Crippen LogP contribution < -0.4 is 4.74 Å². The van der Waals surface area contributed by atoms with Gasteiger partial charge in [0.2, 0.25) is 0 Å². The van der Waals surface area contributed by atoms with E-state index in [0.29, 0.717) is 12.2 Å². The average molecular weight is 302 g/mol. The van der Waals surface area contributed by atoms with Gasteiger partial charge in [0.25, 0.3) is 0 Å². The highest BCUT2D eigenvalue weighted by atomic mass is 19.1. The lowest BCUT2D eigenvalue weighted by Crippen LogP contribution is -2.00. The summed E-state index contributed by atoms with van der Waals surface area (Å²) in [5.41, 5.74) is 1.44. The summed E-state index contributed by atoms with van der Waals surface area (Å²) in [6, 6.07) is 6.15. The van der Waals surface area contributed by atoms with E-state index in [2.05, 4.69) is 15.3 Å². The summed E-state index contributed by atoms with van der Waals surface area (Å²) in [5.74, 6) is -1.98. The average Bonchev–Trinajstić information content (AvgIpc) is 2.97. The molecule has 0 saturated carbocycles. The highest BCUT2D eigenvalue weighted by Gasteiger charge is 2.17. The second-order valence-electron chi connectivity index (χ2n) is 4.60. The van der Waals surface area contributed by atoms with Gasteiger partial charge in [0.15, 0.2) is 17.4 Å². The predicted octanol–water partition coefficient (Wildman–Crippen LogP) is 2.68. The van der Waals surface area contributed by atoms with Crippen LogP contribution in [-0.2, 0) is 6.54 Å². The topological polar surface area (TPSA) is 52.8 Å². The van der Waals surface area contributed by atoms with Crippen molar-refractivity contribution in [2.24, 2.45) is 0 Å². The van der Waals surface area contributed by atoms with Gasteiger partial charge >= 0.3 is 0 Å². The Labute approximate surface area is 125 Å². The Kier molecular flexibility index (Phi) is 3.78. The third kappa shape index (κ3) is 2.65. The molecule has 0 aliphatic rings. The minimum Gasteiger partial charge on any atom is -0.491 e. The quantitative estimate of drug-likeness (QED) is 0.743. The van der Waals surface area contributed by atoms with Crippen molar-refractivity contribution in [3.05, 3.63) is 60.1 Å². The molecule has 3 rings (SSSR count). The Hall–Kier alpha value is -2.83. The number of hydrogen-bond donors (Lipinski definition) is 0. The summed E-state index contributed by atoms with van der Waals surface area (Å²) >= 11 is 0. The van der Waals surface area contributed by atoms with E-state index in [1.54, 1.807) is 23.3 Å². The molecule has 0 atom stereocenters. The molecule has 0 spiro atoms. The van der Waals surface area contributed by atoms with Gasteiger partial charge in [-0.05, 0) is 29.8 Å². The normalized spacial score (nSPS) is 10.7. The molecule has 112 valence electrons. The highest BCUT2D eigenvalue weighted by Crippen LogP contribution is 2.30. The zero-order valence-electron chi connectivity index (χ0n) is 11.7. The molecule has 0 aliphatic heterocycles. The van der Waals surface area contributed by atoms with Gasteiger partial charge in [-0.25, -0.2) is 13.5 Å². The first-order valence-electron chi connectivity index (χ1n) is 6.50.